The van der Waals surface area contributed by atoms with Crippen LogP contribution in [0.1, 0.15) is 36.6 Å². The van der Waals surface area contributed by atoms with Crippen molar-refractivity contribution in [1.29, 1.82) is 0 Å². The van der Waals surface area contributed by atoms with Crippen LogP contribution in [-0.2, 0) is 16.4 Å². The molecule has 1 N–H and O–H groups in total. The Morgan fingerprint density at radius 1 is 0.939 bits per heavy atom. The lowest BCUT2D eigenvalue weighted by molar-refractivity contribution is 0.0642. The fraction of sp³-hybridized carbons (Fsp3) is 0.125. The topological polar surface area (TPSA) is 110 Å². The Balaban J connectivity index is 1.57. The molecule has 4 rings (SSSR count). The highest BCUT2D eigenvalue weighted by Crippen LogP contribution is 2.27. The maximum absolute atomic E-state index is 12.9. The van der Waals surface area contributed by atoms with Crippen molar-refractivity contribution < 1.29 is 27.5 Å². The number of rotatable bonds is 6. The molecule has 0 aromatic heterocycles. The van der Waals surface area contributed by atoms with Crippen LogP contribution >= 0.6 is 0 Å². The number of benzene rings is 3. The van der Waals surface area contributed by atoms with Crippen LogP contribution in [-0.4, -0.2) is 44.4 Å². The number of imide groups is 1. The molecule has 0 radical (unpaired) electrons. The molecule has 0 bridgehead atoms. The van der Waals surface area contributed by atoms with Gasteiger partial charge in [0, 0.05) is 11.9 Å². The quantitative estimate of drug-likeness (QED) is 0.561. The normalized spacial score (nSPS) is 13.1. The number of anilines is 1. The molecule has 168 valence electrons. The molecular weight excluding hydrogens is 444 g/mol. The minimum atomic E-state index is -3.35. The van der Waals surface area contributed by atoms with Crippen LogP contribution in [0, 0.1) is 0 Å². The molecule has 9 heteroatoms. The predicted octanol–water partition coefficient (Wildman–Crippen LogP) is 3.15. The van der Waals surface area contributed by atoms with E-state index in [4.69, 9.17) is 4.74 Å². The van der Waals surface area contributed by atoms with Gasteiger partial charge in [0.15, 0.2) is 9.84 Å². The first-order valence-electron chi connectivity index (χ1n) is 9.92. The Bertz CT molecular complexity index is 1350. The van der Waals surface area contributed by atoms with E-state index in [9.17, 15) is 22.8 Å². The maximum Gasteiger partial charge on any atom is 0.261 e. The van der Waals surface area contributed by atoms with E-state index in [-0.39, 0.29) is 28.8 Å². The third kappa shape index (κ3) is 4.35. The highest BCUT2D eigenvalue weighted by molar-refractivity contribution is 7.90. The molecule has 0 fully saturated rings. The SMILES string of the molecule is COc1ccc(CN2C(=O)c3ccccc3C2=O)cc1C(=O)Nc1ccc(S(C)(=O)=O)cc1. The van der Waals surface area contributed by atoms with E-state index in [0.717, 1.165) is 11.2 Å². The van der Waals surface area contributed by atoms with Gasteiger partial charge in [-0.1, -0.05) is 18.2 Å². The Morgan fingerprint density at radius 3 is 2.09 bits per heavy atom. The molecule has 0 aliphatic carbocycles. The van der Waals surface area contributed by atoms with Gasteiger partial charge in [0.2, 0.25) is 0 Å². The number of carbonyl (C=O) groups excluding carboxylic acids is 3. The number of carbonyl (C=O) groups is 3. The summed E-state index contributed by atoms with van der Waals surface area (Å²) in [6, 6.07) is 17.2. The van der Waals surface area contributed by atoms with Crippen LogP contribution in [0.25, 0.3) is 0 Å². The summed E-state index contributed by atoms with van der Waals surface area (Å²) in [4.78, 5) is 39.5. The number of hydrogen-bond acceptors (Lipinski definition) is 6. The summed E-state index contributed by atoms with van der Waals surface area (Å²) in [5.74, 6) is -0.943. The number of nitrogens with one attached hydrogen (secondary N) is 1. The summed E-state index contributed by atoms with van der Waals surface area (Å²) in [7, 11) is -1.92. The summed E-state index contributed by atoms with van der Waals surface area (Å²) in [5, 5.41) is 2.70. The molecule has 0 atom stereocenters. The Labute approximate surface area is 190 Å². The zero-order valence-electron chi connectivity index (χ0n) is 17.9. The molecule has 1 aliphatic rings. The van der Waals surface area contributed by atoms with E-state index < -0.39 is 15.7 Å². The number of ether oxygens (including phenoxy) is 1. The molecule has 33 heavy (non-hydrogen) atoms. The van der Waals surface area contributed by atoms with Crippen molar-refractivity contribution in [2.24, 2.45) is 0 Å². The van der Waals surface area contributed by atoms with Crippen molar-refractivity contribution >= 4 is 33.2 Å². The van der Waals surface area contributed by atoms with Gasteiger partial charge in [0.05, 0.1) is 35.2 Å². The largest absolute Gasteiger partial charge is 0.496 e. The molecule has 0 spiro atoms. The van der Waals surface area contributed by atoms with Gasteiger partial charge in [-0.25, -0.2) is 8.42 Å². The van der Waals surface area contributed by atoms with Crippen LogP contribution in [0.3, 0.4) is 0 Å². The van der Waals surface area contributed by atoms with Gasteiger partial charge in [-0.3, -0.25) is 19.3 Å². The maximum atomic E-state index is 12.9. The number of sulfone groups is 1. The molecular formula is C24H20N2O6S. The molecule has 1 aliphatic heterocycles. The molecule has 0 unspecified atom stereocenters. The van der Waals surface area contributed by atoms with Crippen molar-refractivity contribution in [1.82, 2.24) is 4.90 Å². The van der Waals surface area contributed by atoms with Crippen molar-refractivity contribution in [3.05, 3.63) is 89.0 Å². The number of amides is 3. The fourth-order valence-corrected chi connectivity index (χ4v) is 4.21. The van der Waals surface area contributed by atoms with Gasteiger partial charge < -0.3 is 10.1 Å². The van der Waals surface area contributed by atoms with E-state index in [1.54, 1.807) is 42.5 Å². The Kier molecular flexibility index (Phi) is 5.73. The van der Waals surface area contributed by atoms with Crippen LogP contribution in [0.2, 0.25) is 0 Å². The first kappa shape index (κ1) is 22.2. The second-order valence-corrected chi connectivity index (χ2v) is 9.54. The molecule has 3 amide bonds. The summed E-state index contributed by atoms with van der Waals surface area (Å²) < 4.78 is 28.5. The first-order valence-corrected chi connectivity index (χ1v) is 11.8. The van der Waals surface area contributed by atoms with Gasteiger partial charge >= 0.3 is 0 Å². The molecule has 3 aromatic carbocycles. The smallest absolute Gasteiger partial charge is 0.261 e. The van der Waals surface area contributed by atoms with Gasteiger partial charge in [-0.15, -0.1) is 0 Å². The van der Waals surface area contributed by atoms with Crippen LogP contribution in [0.5, 0.6) is 5.75 Å². The van der Waals surface area contributed by atoms with Crippen LogP contribution < -0.4 is 10.1 Å². The predicted molar refractivity (Wildman–Crippen MR) is 121 cm³/mol. The van der Waals surface area contributed by atoms with E-state index in [2.05, 4.69) is 5.32 Å². The minimum absolute atomic E-state index is 0.000320. The highest BCUT2D eigenvalue weighted by atomic mass is 32.2. The number of fused-ring (bicyclic) bond motifs is 1. The van der Waals surface area contributed by atoms with Crippen LogP contribution in [0.15, 0.2) is 71.6 Å². The third-order valence-electron chi connectivity index (χ3n) is 5.27. The second kappa shape index (κ2) is 8.51. The van der Waals surface area contributed by atoms with Crippen molar-refractivity contribution in [3.63, 3.8) is 0 Å². The summed E-state index contributed by atoms with van der Waals surface area (Å²) in [6.07, 6.45) is 1.10. The minimum Gasteiger partial charge on any atom is -0.496 e. The van der Waals surface area contributed by atoms with E-state index in [0.29, 0.717) is 28.1 Å². The van der Waals surface area contributed by atoms with Gasteiger partial charge in [-0.2, -0.15) is 0 Å². The average molecular weight is 464 g/mol. The zero-order valence-corrected chi connectivity index (χ0v) is 18.7. The lowest BCUT2D eigenvalue weighted by atomic mass is 10.1. The highest BCUT2D eigenvalue weighted by Gasteiger charge is 2.35. The lowest BCUT2D eigenvalue weighted by Crippen LogP contribution is -2.29. The molecule has 0 saturated heterocycles. The van der Waals surface area contributed by atoms with E-state index in [1.807, 2.05) is 0 Å². The average Bonchev–Trinajstić information content (AvgIpc) is 3.04. The first-order chi connectivity index (χ1) is 15.7. The Morgan fingerprint density at radius 2 is 1.55 bits per heavy atom. The molecule has 0 saturated carbocycles. The molecule has 3 aromatic rings. The Hall–Kier alpha value is -3.98. The lowest BCUT2D eigenvalue weighted by Gasteiger charge is -2.16. The van der Waals surface area contributed by atoms with Crippen molar-refractivity contribution in [3.8, 4) is 5.75 Å². The van der Waals surface area contributed by atoms with E-state index in [1.165, 1.54) is 31.4 Å². The number of nitrogens with zero attached hydrogens (tertiary/aromatic N) is 1. The summed E-state index contributed by atoms with van der Waals surface area (Å²) in [5.41, 5.74) is 1.89. The van der Waals surface area contributed by atoms with Crippen molar-refractivity contribution in [2.75, 3.05) is 18.7 Å². The summed E-state index contributed by atoms with van der Waals surface area (Å²) >= 11 is 0. The van der Waals surface area contributed by atoms with Gasteiger partial charge in [-0.05, 0) is 54.1 Å². The molecule has 8 nitrogen and oxygen atoms in total. The summed E-state index contributed by atoms with van der Waals surface area (Å²) in [6.45, 7) is -0.000320. The standard InChI is InChI=1S/C24H20N2O6S/c1-32-21-12-7-15(14-26-23(28)18-5-3-4-6-19(18)24(26)29)13-20(21)22(27)25-16-8-10-17(11-9-16)33(2,30)31/h3-13H,14H2,1-2H3,(H,25,27). The second-order valence-electron chi connectivity index (χ2n) is 7.53. The van der Waals surface area contributed by atoms with Crippen LogP contribution in [0.4, 0.5) is 5.69 Å². The number of hydrogen-bond donors (Lipinski definition) is 1. The molecule has 1 heterocycles. The fourth-order valence-electron chi connectivity index (χ4n) is 3.58. The van der Waals surface area contributed by atoms with Gasteiger partial charge in [0.25, 0.3) is 17.7 Å². The van der Waals surface area contributed by atoms with Crippen molar-refractivity contribution in [2.45, 2.75) is 11.4 Å². The number of methoxy groups -OCH3 is 1. The zero-order chi connectivity index (χ0) is 23.8. The van der Waals surface area contributed by atoms with Gasteiger partial charge in [0.1, 0.15) is 5.75 Å². The van der Waals surface area contributed by atoms with E-state index >= 15 is 0 Å². The monoisotopic (exact) mass is 464 g/mol. The third-order valence-corrected chi connectivity index (χ3v) is 6.40.